The van der Waals surface area contributed by atoms with Crippen LogP contribution in [0.3, 0.4) is 0 Å². The van der Waals surface area contributed by atoms with Crippen LogP contribution in [0.25, 0.3) is 0 Å². The second-order valence-electron chi connectivity index (χ2n) is 9.75. The first-order valence-corrected chi connectivity index (χ1v) is 11.6. The van der Waals surface area contributed by atoms with Crippen LogP contribution < -0.4 is 20.1 Å². The van der Waals surface area contributed by atoms with E-state index < -0.39 is 29.0 Å². The second-order valence-corrected chi connectivity index (χ2v) is 9.75. The fraction of sp³-hybridized carbons (Fsp3) is 0.600. The predicted molar refractivity (Wildman–Crippen MR) is 131 cm³/mol. The highest BCUT2D eigenvalue weighted by atomic mass is 16.6. The molecule has 0 aromatic heterocycles. The number of carbonyl (C=O) groups excluding carboxylic acids is 4. The van der Waals surface area contributed by atoms with Crippen LogP contribution in [0.2, 0.25) is 0 Å². The number of benzene rings is 1. The van der Waals surface area contributed by atoms with Gasteiger partial charge in [0.15, 0.2) is 12.9 Å². The van der Waals surface area contributed by atoms with Crippen LogP contribution in [0.4, 0.5) is 4.79 Å². The van der Waals surface area contributed by atoms with Crippen molar-refractivity contribution in [2.24, 2.45) is 5.41 Å². The molecule has 1 aromatic rings. The van der Waals surface area contributed by atoms with Gasteiger partial charge < -0.3 is 34.3 Å². The van der Waals surface area contributed by atoms with Gasteiger partial charge >= 0.3 is 12.1 Å². The molecule has 0 unspecified atom stereocenters. The Kier molecular flexibility index (Phi) is 12.9. The summed E-state index contributed by atoms with van der Waals surface area (Å²) in [5.74, 6) is -0.494. The number of amides is 2. The van der Waals surface area contributed by atoms with E-state index in [4.69, 9.17) is 23.7 Å². The zero-order valence-corrected chi connectivity index (χ0v) is 21.9. The number of hydrogen-bond donors (Lipinski definition) is 2. The topological polar surface area (TPSA) is 138 Å². The average molecular weight is 511 g/mol. The highest BCUT2D eigenvalue weighted by Crippen LogP contribution is 2.26. The van der Waals surface area contributed by atoms with Crippen molar-refractivity contribution in [3.8, 4) is 11.5 Å². The SMILES string of the molecule is CC(C)(C)OC(=O)NCCOCCOCCNC(=O)COc1cc(OC(=O)C(C)(C)C)ccc1C=O. The van der Waals surface area contributed by atoms with Crippen molar-refractivity contribution in [3.05, 3.63) is 23.8 Å². The van der Waals surface area contributed by atoms with E-state index in [2.05, 4.69) is 10.6 Å². The van der Waals surface area contributed by atoms with Crippen LogP contribution in [-0.2, 0) is 23.8 Å². The number of carbonyl (C=O) groups is 4. The summed E-state index contributed by atoms with van der Waals surface area (Å²) in [6.07, 6.45) is 0.0904. The standard InChI is InChI=1S/C25H38N2O9/c1-24(2,3)22(30)35-19-8-7-18(16-28)20(15-19)34-17-21(29)26-9-11-32-13-14-33-12-10-27-23(31)36-25(4,5)6/h7-8,15-16H,9-14,17H2,1-6H3,(H,26,29)(H,27,31). The lowest BCUT2D eigenvalue weighted by atomic mass is 9.97. The van der Waals surface area contributed by atoms with Gasteiger partial charge in [0.25, 0.3) is 5.91 Å². The number of rotatable bonds is 14. The maximum Gasteiger partial charge on any atom is 0.407 e. The molecule has 0 aliphatic carbocycles. The minimum atomic E-state index is -0.697. The average Bonchev–Trinajstić information content (AvgIpc) is 2.77. The molecule has 36 heavy (non-hydrogen) atoms. The Labute approximate surface area is 212 Å². The third-order valence-electron chi connectivity index (χ3n) is 4.15. The summed E-state index contributed by atoms with van der Waals surface area (Å²) in [6.45, 7) is 12.0. The molecule has 2 N–H and O–H groups in total. The first-order chi connectivity index (χ1) is 16.8. The number of hydrogen-bond acceptors (Lipinski definition) is 9. The maximum absolute atomic E-state index is 12.1. The summed E-state index contributed by atoms with van der Waals surface area (Å²) in [4.78, 5) is 46.8. The summed E-state index contributed by atoms with van der Waals surface area (Å²) < 4.78 is 26.6. The van der Waals surface area contributed by atoms with E-state index >= 15 is 0 Å². The smallest absolute Gasteiger partial charge is 0.407 e. The molecular formula is C25H38N2O9. The zero-order valence-electron chi connectivity index (χ0n) is 21.9. The summed E-state index contributed by atoms with van der Waals surface area (Å²) in [6, 6.07) is 4.33. The third-order valence-corrected chi connectivity index (χ3v) is 4.15. The van der Waals surface area contributed by atoms with E-state index in [1.54, 1.807) is 41.5 Å². The molecule has 0 aliphatic rings. The van der Waals surface area contributed by atoms with Crippen LogP contribution >= 0.6 is 0 Å². The van der Waals surface area contributed by atoms with Gasteiger partial charge in [-0.05, 0) is 53.7 Å². The normalized spacial score (nSPS) is 11.4. The molecule has 0 saturated carbocycles. The molecule has 0 radical (unpaired) electrons. The fourth-order valence-electron chi connectivity index (χ4n) is 2.38. The summed E-state index contributed by atoms with van der Waals surface area (Å²) >= 11 is 0. The van der Waals surface area contributed by atoms with E-state index in [1.165, 1.54) is 18.2 Å². The lowest BCUT2D eigenvalue weighted by Crippen LogP contribution is -2.34. The highest BCUT2D eigenvalue weighted by molar-refractivity contribution is 5.82. The Morgan fingerprint density at radius 1 is 0.889 bits per heavy atom. The van der Waals surface area contributed by atoms with Crippen LogP contribution in [-0.4, -0.2) is 76.0 Å². The van der Waals surface area contributed by atoms with Gasteiger partial charge in [0.05, 0.1) is 37.4 Å². The maximum atomic E-state index is 12.1. The van der Waals surface area contributed by atoms with Gasteiger partial charge in [-0.15, -0.1) is 0 Å². The van der Waals surface area contributed by atoms with E-state index in [-0.39, 0.29) is 36.8 Å². The van der Waals surface area contributed by atoms with Crippen molar-refractivity contribution in [3.63, 3.8) is 0 Å². The van der Waals surface area contributed by atoms with Crippen molar-refractivity contribution >= 4 is 24.3 Å². The lowest BCUT2D eigenvalue weighted by molar-refractivity contribution is -0.143. The molecular weight excluding hydrogens is 472 g/mol. The molecule has 1 aromatic carbocycles. The summed E-state index contributed by atoms with van der Waals surface area (Å²) in [5.41, 5.74) is -1.02. The molecule has 1 rings (SSSR count). The summed E-state index contributed by atoms with van der Waals surface area (Å²) in [7, 11) is 0. The van der Waals surface area contributed by atoms with Crippen LogP contribution in [0.5, 0.6) is 11.5 Å². The number of ether oxygens (including phenoxy) is 5. The molecule has 0 aliphatic heterocycles. The largest absolute Gasteiger partial charge is 0.483 e. The molecule has 0 heterocycles. The molecule has 0 bridgehead atoms. The van der Waals surface area contributed by atoms with Gasteiger partial charge in [0.1, 0.15) is 17.1 Å². The number of aldehydes is 1. The molecule has 11 heteroatoms. The van der Waals surface area contributed by atoms with Crippen molar-refractivity contribution in [2.45, 2.75) is 47.1 Å². The fourth-order valence-corrected chi connectivity index (χ4v) is 2.38. The molecule has 202 valence electrons. The van der Waals surface area contributed by atoms with Crippen molar-refractivity contribution in [1.29, 1.82) is 0 Å². The quantitative estimate of drug-likeness (QED) is 0.167. The first-order valence-electron chi connectivity index (χ1n) is 11.6. The Morgan fingerprint density at radius 3 is 2.06 bits per heavy atom. The van der Waals surface area contributed by atoms with Crippen molar-refractivity contribution in [1.82, 2.24) is 10.6 Å². The Hall–Kier alpha value is -3.18. The van der Waals surface area contributed by atoms with Crippen LogP contribution in [0, 0.1) is 5.41 Å². The number of nitrogens with one attached hydrogen (secondary N) is 2. The minimum Gasteiger partial charge on any atom is -0.483 e. The van der Waals surface area contributed by atoms with Gasteiger partial charge in [-0.25, -0.2) is 4.79 Å². The van der Waals surface area contributed by atoms with Gasteiger partial charge in [0, 0.05) is 19.2 Å². The van der Waals surface area contributed by atoms with Crippen LogP contribution in [0.15, 0.2) is 18.2 Å². The molecule has 0 saturated heterocycles. The van der Waals surface area contributed by atoms with E-state index in [1.807, 2.05) is 0 Å². The Bertz CT molecular complexity index is 873. The molecule has 0 fully saturated rings. The Morgan fingerprint density at radius 2 is 1.50 bits per heavy atom. The van der Waals surface area contributed by atoms with E-state index in [0.29, 0.717) is 32.7 Å². The highest BCUT2D eigenvalue weighted by Gasteiger charge is 2.24. The van der Waals surface area contributed by atoms with Gasteiger partial charge in [0.2, 0.25) is 0 Å². The van der Waals surface area contributed by atoms with Crippen molar-refractivity contribution in [2.75, 3.05) is 46.1 Å². The zero-order chi connectivity index (χ0) is 27.2. The van der Waals surface area contributed by atoms with Gasteiger partial charge in [-0.3, -0.25) is 14.4 Å². The third kappa shape index (κ3) is 13.6. The first kappa shape index (κ1) is 30.9. The molecule has 2 amide bonds. The van der Waals surface area contributed by atoms with E-state index in [0.717, 1.165) is 0 Å². The lowest BCUT2D eigenvalue weighted by Gasteiger charge is -2.19. The molecule has 11 nitrogen and oxygen atoms in total. The monoisotopic (exact) mass is 510 g/mol. The van der Waals surface area contributed by atoms with Crippen LogP contribution in [0.1, 0.15) is 51.9 Å². The molecule has 0 atom stereocenters. The minimum absolute atomic E-state index is 0.133. The number of alkyl carbamates (subject to hydrolysis) is 1. The Balaban J connectivity index is 2.21. The summed E-state index contributed by atoms with van der Waals surface area (Å²) in [5, 5.41) is 5.22. The molecule has 0 spiro atoms. The predicted octanol–water partition coefficient (Wildman–Crippen LogP) is 2.50. The second kappa shape index (κ2) is 15.0. The van der Waals surface area contributed by atoms with Gasteiger partial charge in [-0.2, -0.15) is 0 Å². The number of esters is 1. The van der Waals surface area contributed by atoms with Gasteiger partial charge in [-0.1, -0.05) is 0 Å². The van der Waals surface area contributed by atoms with E-state index in [9.17, 15) is 19.2 Å². The van der Waals surface area contributed by atoms with Crippen molar-refractivity contribution < 1.29 is 42.9 Å².